The number of hydrogen-bond acceptors (Lipinski definition) is 7. The van der Waals surface area contributed by atoms with E-state index in [-0.39, 0.29) is 13.2 Å². The second-order valence-electron chi connectivity index (χ2n) is 11.0. The Kier molecular flexibility index (Phi) is 10.3. The molecule has 244 valence electrons. The summed E-state index contributed by atoms with van der Waals surface area (Å²) in [7, 11) is 0. The van der Waals surface area contributed by atoms with Crippen LogP contribution in [0.1, 0.15) is 23.3 Å². The van der Waals surface area contributed by atoms with E-state index in [1.807, 2.05) is 133 Å². The Bertz CT molecular complexity index is 2080. The molecule has 7 heteroatoms. The first-order valence-electron chi connectivity index (χ1n) is 15.8. The van der Waals surface area contributed by atoms with Crippen molar-refractivity contribution in [3.05, 3.63) is 170 Å². The van der Waals surface area contributed by atoms with Crippen molar-refractivity contribution in [3.63, 3.8) is 0 Å². The summed E-state index contributed by atoms with van der Waals surface area (Å²) in [6.07, 6.45) is 0.875. The lowest BCUT2D eigenvalue weighted by Gasteiger charge is -2.23. The lowest BCUT2D eigenvalue weighted by molar-refractivity contribution is -0.145. The van der Waals surface area contributed by atoms with Crippen LogP contribution in [-0.2, 0) is 19.1 Å². The maximum absolute atomic E-state index is 12.3. The summed E-state index contributed by atoms with van der Waals surface area (Å²) in [4.78, 5) is 24.7. The smallest absolute Gasteiger partial charge is 0.330 e. The molecule has 2 unspecified atom stereocenters. The van der Waals surface area contributed by atoms with Crippen LogP contribution >= 0.6 is 0 Å². The molecule has 0 aliphatic heterocycles. The van der Waals surface area contributed by atoms with Crippen LogP contribution in [0.4, 0.5) is 0 Å². The van der Waals surface area contributed by atoms with Crippen LogP contribution < -0.4 is 14.2 Å². The van der Waals surface area contributed by atoms with Crippen LogP contribution in [0.15, 0.2) is 159 Å². The van der Waals surface area contributed by atoms with Gasteiger partial charge in [-0.15, -0.1) is 0 Å². The van der Waals surface area contributed by atoms with E-state index in [1.54, 1.807) is 0 Å². The van der Waals surface area contributed by atoms with Gasteiger partial charge in [0.05, 0.1) is 0 Å². The van der Waals surface area contributed by atoms with Crippen LogP contribution in [0.3, 0.4) is 0 Å². The number of ether oxygens (including phenoxy) is 5. The molecule has 0 fully saturated rings. The van der Waals surface area contributed by atoms with Crippen molar-refractivity contribution in [2.24, 2.45) is 0 Å². The van der Waals surface area contributed by atoms with Crippen molar-refractivity contribution in [2.45, 2.75) is 12.2 Å². The number of esters is 2. The summed E-state index contributed by atoms with van der Waals surface area (Å²) in [5.74, 6) is 1.30. The third-order valence-corrected chi connectivity index (χ3v) is 7.83. The van der Waals surface area contributed by atoms with Gasteiger partial charge in [0.2, 0.25) is 0 Å². The number of fused-ring (bicyclic) bond motifs is 2. The lowest BCUT2D eigenvalue weighted by Crippen LogP contribution is -2.18. The number of carbonyl (C=O) groups is 2. The van der Waals surface area contributed by atoms with Crippen LogP contribution in [0.2, 0.25) is 0 Å². The molecule has 0 heterocycles. The first-order valence-corrected chi connectivity index (χ1v) is 15.8. The molecule has 0 bridgehead atoms. The molecule has 7 nitrogen and oxygen atoms in total. The van der Waals surface area contributed by atoms with Gasteiger partial charge < -0.3 is 23.7 Å². The highest BCUT2D eigenvalue weighted by atomic mass is 16.6. The summed E-state index contributed by atoms with van der Waals surface area (Å²) in [6.45, 7) is 7.18. The SMILES string of the molecule is C=CC(=O)OC(COc1c2ccccc2c(OCC(OC(=O)C=C)c2ccccc2)c2cc(Oc3ccccc3)ccc12)c1ccccc1. The molecular weight excluding hydrogens is 616 g/mol. The number of carbonyl (C=O) groups excluding carboxylic acids is 2. The summed E-state index contributed by atoms with van der Waals surface area (Å²) in [5, 5.41) is 3.00. The summed E-state index contributed by atoms with van der Waals surface area (Å²) in [6, 6.07) is 41.7. The van der Waals surface area contributed by atoms with Crippen LogP contribution in [0.25, 0.3) is 21.5 Å². The Morgan fingerprint density at radius 2 is 0.939 bits per heavy atom. The Hall–Kier alpha value is -6.34. The Morgan fingerprint density at radius 1 is 0.510 bits per heavy atom. The third kappa shape index (κ3) is 7.80. The van der Waals surface area contributed by atoms with Crippen LogP contribution in [0.5, 0.6) is 23.0 Å². The number of benzene rings is 6. The van der Waals surface area contributed by atoms with Crippen molar-refractivity contribution in [1.82, 2.24) is 0 Å². The van der Waals surface area contributed by atoms with Gasteiger partial charge in [-0.05, 0) is 41.5 Å². The molecule has 0 aromatic heterocycles. The summed E-state index contributed by atoms with van der Waals surface area (Å²) >= 11 is 0. The van der Waals surface area contributed by atoms with E-state index in [2.05, 4.69) is 13.2 Å². The first-order chi connectivity index (χ1) is 24.0. The molecule has 0 spiro atoms. The van der Waals surface area contributed by atoms with Crippen molar-refractivity contribution in [2.75, 3.05) is 13.2 Å². The Labute approximate surface area is 284 Å². The number of rotatable bonds is 14. The Morgan fingerprint density at radius 3 is 1.43 bits per heavy atom. The van der Waals surface area contributed by atoms with Gasteiger partial charge in [-0.25, -0.2) is 9.59 Å². The van der Waals surface area contributed by atoms with Gasteiger partial charge >= 0.3 is 11.9 Å². The molecule has 0 aliphatic rings. The van der Waals surface area contributed by atoms with Gasteiger partial charge in [-0.1, -0.05) is 116 Å². The molecule has 2 atom stereocenters. The molecule has 0 radical (unpaired) electrons. The number of hydrogen-bond donors (Lipinski definition) is 0. The highest BCUT2D eigenvalue weighted by Crippen LogP contribution is 2.45. The highest BCUT2D eigenvalue weighted by Gasteiger charge is 2.23. The van der Waals surface area contributed by atoms with Crippen molar-refractivity contribution < 1.29 is 33.3 Å². The molecule has 0 aliphatic carbocycles. The lowest BCUT2D eigenvalue weighted by atomic mass is 10.00. The second kappa shape index (κ2) is 15.5. The zero-order chi connectivity index (χ0) is 34.0. The average Bonchev–Trinajstić information content (AvgIpc) is 3.15. The minimum atomic E-state index is -0.702. The standard InChI is InChI=1S/C42H34O7/c1-3-39(43)48-37(29-16-8-5-9-17-29)27-45-41-33-22-14-15-23-34(33)42(46-28-38(49-40(44)4-2)30-18-10-6-11-19-30)36-26-32(24-25-35(36)41)47-31-20-12-7-13-21-31/h3-26,37-38H,1-2,27-28H2. The fourth-order valence-corrected chi connectivity index (χ4v) is 5.50. The molecule has 0 amide bonds. The van der Waals surface area contributed by atoms with Crippen LogP contribution in [0, 0.1) is 0 Å². The minimum Gasteiger partial charge on any atom is -0.488 e. The molecule has 49 heavy (non-hydrogen) atoms. The second-order valence-corrected chi connectivity index (χ2v) is 11.0. The topological polar surface area (TPSA) is 80.3 Å². The van der Waals surface area contributed by atoms with Gasteiger partial charge in [0, 0.05) is 33.7 Å². The minimum absolute atomic E-state index is 0.0280. The van der Waals surface area contributed by atoms with E-state index in [1.165, 1.54) is 0 Å². The predicted molar refractivity (Wildman–Crippen MR) is 190 cm³/mol. The van der Waals surface area contributed by atoms with Gasteiger partial charge in [-0.2, -0.15) is 0 Å². The van der Waals surface area contributed by atoms with E-state index in [9.17, 15) is 9.59 Å². The largest absolute Gasteiger partial charge is 0.488 e. The fourth-order valence-electron chi connectivity index (χ4n) is 5.50. The molecule has 6 aromatic rings. The van der Waals surface area contributed by atoms with E-state index in [4.69, 9.17) is 23.7 Å². The van der Waals surface area contributed by atoms with Gasteiger partial charge in [0.15, 0.2) is 12.2 Å². The van der Waals surface area contributed by atoms with Gasteiger partial charge in [-0.3, -0.25) is 0 Å². The molecule has 0 N–H and O–H groups in total. The molecule has 0 saturated heterocycles. The van der Waals surface area contributed by atoms with Crippen molar-refractivity contribution in [1.29, 1.82) is 0 Å². The summed E-state index contributed by atoms with van der Waals surface area (Å²) in [5.41, 5.74) is 1.56. The van der Waals surface area contributed by atoms with E-state index in [0.29, 0.717) is 28.4 Å². The van der Waals surface area contributed by atoms with Gasteiger partial charge in [0.1, 0.15) is 36.2 Å². The third-order valence-electron chi connectivity index (χ3n) is 7.83. The summed E-state index contributed by atoms with van der Waals surface area (Å²) < 4.78 is 30.9. The van der Waals surface area contributed by atoms with E-state index < -0.39 is 24.1 Å². The Balaban J connectivity index is 1.44. The first kappa shape index (κ1) is 32.6. The maximum Gasteiger partial charge on any atom is 0.330 e. The zero-order valence-corrected chi connectivity index (χ0v) is 26.7. The zero-order valence-electron chi connectivity index (χ0n) is 26.7. The van der Waals surface area contributed by atoms with Crippen molar-refractivity contribution >= 4 is 33.5 Å². The quantitative estimate of drug-likeness (QED) is 0.0660. The fraction of sp³-hybridized carbons (Fsp3) is 0.0952. The number of para-hydroxylation sites is 1. The van der Waals surface area contributed by atoms with E-state index >= 15 is 0 Å². The monoisotopic (exact) mass is 650 g/mol. The molecule has 6 aromatic carbocycles. The highest BCUT2D eigenvalue weighted by molar-refractivity contribution is 6.11. The van der Waals surface area contributed by atoms with Crippen molar-refractivity contribution in [3.8, 4) is 23.0 Å². The maximum atomic E-state index is 12.3. The van der Waals surface area contributed by atoms with E-state index in [0.717, 1.165) is 39.4 Å². The molecule has 0 saturated carbocycles. The van der Waals surface area contributed by atoms with Gasteiger partial charge in [0.25, 0.3) is 0 Å². The molecular formula is C42H34O7. The van der Waals surface area contributed by atoms with Crippen LogP contribution in [-0.4, -0.2) is 25.2 Å². The average molecular weight is 651 g/mol. The molecule has 6 rings (SSSR count). The predicted octanol–water partition coefficient (Wildman–Crippen LogP) is 9.48. The normalized spacial score (nSPS) is 12.0.